The van der Waals surface area contributed by atoms with E-state index in [-0.39, 0.29) is 0 Å². The molecule has 0 aliphatic heterocycles. The van der Waals surface area contributed by atoms with Gasteiger partial charge in [-0.3, -0.25) is 0 Å². The summed E-state index contributed by atoms with van der Waals surface area (Å²) >= 11 is 1.83. The summed E-state index contributed by atoms with van der Waals surface area (Å²) in [7, 11) is 1.73. The summed E-state index contributed by atoms with van der Waals surface area (Å²) in [5.74, 6) is 1.40. The molecule has 1 aliphatic carbocycles. The molecule has 0 saturated heterocycles. The monoisotopic (exact) mass is 211 g/mol. The van der Waals surface area contributed by atoms with Crippen molar-refractivity contribution in [3.8, 4) is 0 Å². The van der Waals surface area contributed by atoms with Crippen molar-refractivity contribution < 1.29 is 4.74 Å². The Labute approximate surface area is 89.3 Å². The predicted octanol–water partition coefficient (Wildman–Crippen LogP) is 2.98. The first-order valence-corrected chi connectivity index (χ1v) is 6.01. The van der Waals surface area contributed by atoms with Crippen LogP contribution in [0.25, 0.3) is 0 Å². The molecule has 0 bridgehead atoms. The van der Waals surface area contributed by atoms with Crippen LogP contribution >= 0.6 is 11.3 Å². The van der Waals surface area contributed by atoms with Crippen molar-refractivity contribution in [1.82, 2.24) is 4.98 Å². The molecule has 1 aromatic rings. The van der Waals surface area contributed by atoms with Gasteiger partial charge < -0.3 is 4.74 Å². The van der Waals surface area contributed by atoms with Crippen molar-refractivity contribution in [3.63, 3.8) is 0 Å². The summed E-state index contributed by atoms with van der Waals surface area (Å²) in [5, 5.41) is 1.14. The fraction of sp³-hybridized carbons (Fsp3) is 0.727. The zero-order valence-electron chi connectivity index (χ0n) is 9.04. The maximum atomic E-state index is 5.11. The van der Waals surface area contributed by atoms with Crippen LogP contribution in [0.2, 0.25) is 0 Å². The van der Waals surface area contributed by atoms with Crippen LogP contribution in [0.3, 0.4) is 0 Å². The largest absolute Gasteiger partial charge is 0.378 e. The molecule has 0 N–H and O–H groups in total. The molecule has 0 amide bonds. The minimum absolute atomic E-state index is 0.669. The first-order valence-electron chi connectivity index (χ1n) is 5.19. The lowest BCUT2D eigenvalue weighted by Gasteiger charge is -2.12. The second-order valence-corrected chi connectivity index (χ2v) is 5.41. The Bertz CT molecular complexity index is 319. The molecule has 2 nitrogen and oxygen atoms in total. The molecule has 0 spiro atoms. The van der Waals surface area contributed by atoms with E-state index in [0.29, 0.717) is 18.4 Å². The van der Waals surface area contributed by atoms with E-state index in [4.69, 9.17) is 4.74 Å². The van der Waals surface area contributed by atoms with Crippen LogP contribution in [0.15, 0.2) is 0 Å². The molecule has 1 unspecified atom stereocenters. The number of aryl methyl sites for hydroxylation is 1. The molecule has 1 aliphatic rings. The van der Waals surface area contributed by atoms with Crippen LogP contribution in [0, 0.1) is 5.92 Å². The molecule has 1 heterocycles. The smallest absolute Gasteiger partial charge is 0.119 e. The highest BCUT2D eigenvalue weighted by molar-refractivity contribution is 7.11. The molecule has 14 heavy (non-hydrogen) atoms. The van der Waals surface area contributed by atoms with Crippen LogP contribution in [0.4, 0.5) is 0 Å². The molecular weight excluding hydrogens is 194 g/mol. The van der Waals surface area contributed by atoms with Gasteiger partial charge in [0.1, 0.15) is 5.01 Å². The highest BCUT2D eigenvalue weighted by atomic mass is 32.1. The molecule has 0 saturated carbocycles. The Morgan fingerprint density at radius 3 is 3.00 bits per heavy atom. The second-order valence-electron chi connectivity index (χ2n) is 4.24. The highest BCUT2D eigenvalue weighted by Crippen LogP contribution is 2.40. The summed E-state index contributed by atoms with van der Waals surface area (Å²) in [4.78, 5) is 6.17. The van der Waals surface area contributed by atoms with E-state index in [9.17, 15) is 0 Å². The molecule has 1 aromatic heterocycles. The molecule has 0 fully saturated rings. The highest BCUT2D eigenvalue weighted by Gasteiger charge is 2.28. The lowest BCUT2D eigenvalue weighted by atomic mass is 9.94. The maximum absolute atomic E-state index is 5.11. The Balaban J connectivity index is 2.21. The Morgan fingerprint density at radius 2 is 2.36 bits per heavy atom. The van der Waals surface area contributed by atoms with Gasteiger partial charge in [-0.1, -0.05) is 13.8 Å². The number of fused-ring (bicyclic) bond motifs is 1. The molecule has 2 rings (SSSR count). The Kier molecular flexibility index (Phi) is 2.88. The summed E-state index contributed by atoms with van der Waals surface area (Å²) < 4.78 is 5.11. The van der Waals surface area contributed by atoms with Crippen LogP contribution in [0.5, 0.6) is 0 Å². The van der Waals surface area contributed by atoms with E-state index in [0.717, 1.165) is 5.01 Å². The molecule has 3 heteroatoms. The maximum Gasteiger partial charge on any atom is 0.119 e. The van der Waals surface area contributed by atoms with E-state index in [1.54, 1.807) is 7.11 Å². The molecule has 0 aromatic carbocycles. The zero-order chi connectivity index (χ0) is 10.1. The van der Waals surface area contributed by atoms with Gasteiger partial charge in [-0.05, 0) is 18.8 Å². The van der Waals surface area contributed by atoms with Crippen LogP contribution in [-0.4, -0.2) is 12.1 Å². The van der Waals surface area contributed by atoms with Crippen molar-refractivity contribution in [3.05, 3.63) is 15.6 Å². The quantitative estimate of drug-likeness (QED) is 0.767. The SMILES string of the molecule is COCc1nc2c(s1)CCC2C(C)C. The standard InChI is InChI=1S/C11H17NOS/c1-7(2)8-4-5-9-11(8)12-10(14-9)6-13-3/h7-8H,4-6H2,1-3H3. The number of hydrogen-bond acceptors (Lipinski definition) is 3. The second kappa shape index (κ2) is 3.99. The lowest BCUT2D eigenvalue weighted by molar-refractivity contribution is 0.184. The fourth-order valence-corrected chi connectivity index (χ4v) is 3.27. The molecule has 1 atom stereocenters. The summed E-state index contributed by atoms with van der Waals surface area (Å²) in [6.45, 7) is 5.24. The summed E-state index contributed by atoms with van der Waals surface area (Å²) in [5.41, 5.74) is 1.36. The van der Waals surface area contributed by atoms with Gasteiger partial charge in [-0.15, -0.1) is 11.3 Å². The van der Waals surface area contributed by atoms with E-state index >= 15 is 0 Å². The fourth-order valence-electron chi connectivity index (χ4n) is 2.14. The molecule has 0 radical (unpaired) electrons. The van der Waals surface area contributed by atoms with Gasteiger partial charge in [0.25, 0.3) is 0 Å². The number of methoxy groups -OCH3 is 1. The van der Waals surface area contributed by atoms with Crippen molar-refractivity contribution in [1.29, 1.82) is 0 Å². The molecular formula is C11H17NOS. The van der Waals surface area contributed by atoms with E-state index in [1.165, 1.54) is 23.4 Å². The summed E-state index contributed by atoms with van der Waals surface area (Å²) in [6.07, 6.45) is 2.51. The van der Waals surface area contributed by atoms with Gasteiger partial charge in [-0.25, -0.2) is 4.98 Å². The van der Waals surface area contributed by atoms with Gasteiger partial charge in [0, 0.05) is 17.9 Å². The van der Waals surface area contributed by atoms with E-state index in [1.807, 2.05) is 11.3 Å². The van der Waals surface area contributed by atoms with Crippen molar-refractivity contribution >= 4 is 11.3 Å². The van der Waals surface area contributed by atoms with E-state index in [2.05, 4.69) is 18.8 Å². The van der Waals surface area contributed by atoms with Crippen LogP contribution < -0.4 is 0 Å². The van der Waals surface area contributed by atoms with Crippen LogP contribution in [0.1, 0.15) is 41.8 Å². The third-order valence-corrected chi connectivity index (χ3v) is 3.98. The minimum Gasteiger partial charge on any atom is -0.378 e. The average molecular weight is 211 g/mol. The van der Waals surface area contributed by atoms with Crippen molar-refractivity contribution in [2.45, 2.75) is 39.2 Å². The number of nitrogens with zero attached hydrogens (tertiary/aromatic N) is 1. The Hall–Kier alpha value is -0.410. The Morgan fingerprint density at radius 1 is 1.57 bits per heavy atom. The number of ether oxygens (including phenoxy) is 1. The van der Waals surface area contributed by atoms with E-state index < -0.39 is 0 Å². The van der Waals surface area contributed by atoms with Crippen molar-refractivity contribution in [2.75, 3.05) is 7.11 Å². The van der Waals surface area contributed by atoms with Gasteiger partial charge in [0.2, 0.25) is 0 Å². The summed E-state index contributed by atoms with van der Waals surface area (Å²) in [6, 6.07) is 0. The number of aromatic nitrogens is 1. The first kappa shape index (κ1) is 10.1. The third kappa shape index (κ3) is 1.71. The number of thiazole rings is 1. The molecule has 78 valence electrons. The minimum atomic E-state index is 0.669. The predicted molar refractivity (Wildman–Crippen MR) is 58.7 cm³/mol. The lowest BCUT2D eigenvalue weighted by Crippen LogP contribution is -2.03. The van der Waals surface area contributed by atoms with Gasteiger partial charge >= 0.3 is 0 Å². The van der Waals surface area contributed by atoms with Crippen molar-refractivity contribution in [2.24, 2.45) is 5.92 Å². The first-order chi connectivity index (χ1) is 6.72. The number of rotatable bonds is 3. The third-order valence-electron chi connectivity index (χ3n) is 2.88. The van der Waals surface area contributed by atoms with Gasteiger partial charge in [0.05, 0.1) is 12.3 Å². The normalized spacial score (nSPS) is 20.4. The van der Waals surface area contributed by atoms with Crippen LogP contribution in [-0.2, 0) is 17.8 Å². The average Bonchev–Trinajstić information content (AvgIpc) is 2.62. The van der Waals surface area contributed by atoms with Gasteiger partial charge in [0.15, 0.2) is 0 Å². The topological polar surface area (TPSA) is 22.1 Å². The van der Waals surface area contributed by atoms with Gasteiger partial charge in [-0.2, -0.15) is 0 Å². The number of hydrogen-bond donors (Lipinski definition) is 0. The zero-order valence-corrected chi connectivity index (χ0v) is 9.86.